The van der Waals surface area contributed by atoms with E-state index in [0.29, 0.717) is 0 Å². The average Bonchev–Trinajstić information content (AvgIpc) is 2.17. The molecule has 0 saturated heterocycles. The first-order valence-electron chi connectivity index (χ1n) is 4.17. The predicted octanol–water partition coefficient (Wildman–Crippen LogP) is 2.42. The van der Waals surface area contributed by atoms with Crippen LogP contribution in [0.1, 0.15) is 17.3 Å². The van der Waals surface area contributed by atoms with Gasteiger partial charge in [0.25, 0.3) is 5.69 Å². The summed E-state index contributed by atoms with van der Waals surface area (Å²) >= 11 is 5.70. The van der Waals surface area contributed by atoms with Crippen molar-refractivity contribution in [2.75, 3.05) is 6.61 Å². The lowest BCUT2D eigenvalue weighted by atomic mass is 10.2. The Labute approximate surface area is 90.8 Å². The van der Waals surface area contributed by atoms with Gasteiger partial charge in [-0.25, -0.2) is 4.79 Å². The first-order chi connectivity index (χ1) is 7.06. The Kier molecular flexibility index (Phi) is 3.62. The number of esters is 1. The number of nitro groups is 1. The highest BCUT2D eigenvalue weighted by atomic mass is 35.5. The van der Waals surface area contributed by atoms with E-state index in [0.717, 1.165) is 6.07 Å². The third-order valence-corrected chi connectivity index (χ3v) is 1.97. The molecule has 0 amide bonds. The summed E-state index contributed by atoms with van der Waals surface area (Å²) in [4.78, 5) is 21.1. The molecule has 0 radical (unpaired) electrons. The summed E-state index contributed by atoms with van der Waals surface area (Å²) in [5, 5.41) is 10.4. The molecule has 0 aliphatic rings. The molecule has 15 heavy (non-hydrogen) atoms. The lowest BCUT2D eigenvalue weighted by Gasteiger charge is -2.03. The van der Waals surface area contributed by atoms with Crippen molar-refractivity contribution in [2.45, 2.75) is 6.92 Å². The summed E-state index contributed by atoms with van der Waals surface area (Å²) in [5.74, 6) is -0.586. The van der Waals surface area contributed by atoms with Crippen LogP contribution in [0.15, 0.2) is 18.2 Å². The van der Waals surface area contributed by atoms with Crippen molar-refractivity contribution in [2.24, 2.45) is 0 Å². The van der Waals surface area contributed by atoms with Gasteiger partial charge in [0.05, 0.1) is 22.1 Å². The molecule has 0 saturated carbocycles. The molecule has 0 aliphatic heterocycles. The number of ether oxygens (including phenoxy) is 1. The highest BCUT2D eigenvalue weighted by molar-refractivity contribution is 6.33. The van der Waals surface area contributed by atoms with E-state index in [2.05, 4.69) is 0 Å². The maximum atomic E-state index is 11.3. The smallest absolute Gasteiger partial charge is 0.339 e. The van der Waals surface area contributed by atoms with Gasteiger partial charge in [0.15, 0.2) is 0 Å². The summed E-state index contributed by atoms with van der Waals surface area (Å²) in [6, 6.07) is 3.60. The normalized spacial score (nSPS) is 9.73. The number of non-ortho nitro benzene ring substituents is 1. The van der Waals surface area contributed by atoms with Crippen molar-refractivity contribution < 1.29 is 14.5 Å². The predicted molar refractivity (Wildman–Crippen MR) is 54.1 cm³/mol. The van der Waals surface area contributed by atoms with Gasteiger partial charge in [-0.05, 0) is 13.0 Å². The number of hydrogen-bond acceptors (Lipinski definition) is 4. The Balaban J connectivity index is 3.03. The second kappa shape index (κ2) is 4.75. The minimum Gasteiger partial charge on any atom is -0.462 e. The molecule has 80 valence electrons. The molecule has 0 fully saturated rings. The highest BCUT2D eigenvalue weighted by Crippen LogP contribution is 2.22. The molecule has 1 aromatic carbocycles. The number of hydrogen-bond donors (Lipinski definition) is 0. The fourth-order valence-electron chi connectivity index (χ4n) is 0.992. The monoisotopic (exact) mass is 229 g/mol. The Morgan fingerprint density at radius 3 is 2.73 bits per heavy atom. The molecule has 0 atom stereocenters. The fourth-order valence-corrected chi connectivity index (χ4v) is 1.24. The number of benzene rings is 1. The first kappa shape index (κ1) is 11.5. The van der Waals surface area contributed by atoms with Gasteiger partial charge in [-0.15, -0.1) is 0 Å². The maximum Gasteiger partial charge on any atom is 0.339 e. The number of carbonyl (C=O) groups is 1. The van der Waals surface area contributed by atoms with Crippen molar-refractivity contribution in [1.82, 2.24) is 0 Å². The molecule has 0 unspecified atom stereocenters. The van der Waals surface area contributed by atoms with Gasteiger partial charge < -0.3 is 4.74 Å². The molecule has 5 nitrogen and oxygen atoms in total. The van der Waals surface area contributed by atoms with E-state index < -0.39 is 10.9 Å². The van der Waals surface area contributed by atoms with Crippen LogP contribution in [0.5, 0.6) is 0 Å². The van der Waals surface area contributed by atoms with Gasteiger partial charge in [-0.2, -0.15) is 0 Å². The number of carbonyl (C=O) groups excluding carboxylic acids is 1. The Bertz CT molecular complexity index is 405. The topological polar surface area (TPSA) is 69.4 Å². The van der Waals surface area contributed by atoms with Gasteiger partial charge in [0, 0.05) is 12.1 Å². The molecule has 1 aromatic rings. The molecule has 6 heteroatoms. The maximum absolute atomic E-state index is 11.3. The van der Waals surface area contributed by atoms with Gasteiger partial charge >= 0.3 is 5.97 Å². The number of nitro benzene ring substituents is 1. The summed E-state index contributed by atoms with van der Waals surface area (Å²) in [5.41, 5.74) is -0.0304. The Morgan fingerprint density at radius 2 is 2.27 bits per heavy atom. The van der Waals surface area contributed by atoms with Crippen molar-refractivity contribution in [1.29, 1.82) is 0 Å². The minimum atomic E-state index is -0.586. The van der Waals surface area contributed by atoms with Gasteiger partial charge in [-0.3, -0.25) is 10.1 Å². The minimum absolute atomic E-state index is 0.0163. The summed E-state index contributed by atoms with van der Waals surface area (Å²) in [6.07, 6.45) is 0. The molecule has 0 bridgehead atoms. The molecule has 0 N–H and O–H groups in total. The molecule has 0 heterocycles. The standard InChI is InChI=1S/C9H8ClNO4/c1-2-15-9(12)7-4-3-6(11(13)14)5-8(7)10/h3-5H,2H2,1H3. The van der Waals surface area contributed by atoms with E-state index in [4.69, 9.17) is 16.3 Å². The van der Waals surface area contributed by atoms with Crippen LogP contribution in [0, 0.1) is 10.1 Å². The second-order valence-corrected chi connectivity index (χ2v) is 3.05. The van der Waals surface area contributed by atoms with E-state index in [9.17, 15) is 14.9 Å². The van der Waals surface area contributed by atoms with E-state index in [1.807, 2.05) is 0 Å². The molecule has 0 spiro atoms. The lowest BCUT2D eigenvalue weighted by molar-refractivity contribution is -0.384. The molecular weight excluding hydrogens is 222 g/mol. The third kappa shape index (κ3) is 2.66. The zero-order valence-corrected chi connectivity index (χ0v) is 8.65. The van der Waals surface area contributed by atoms with E-state index in [1.54, 1.807) is 6.92 Å². The fraction of sp³-hybridized carbons (Fsp3) is 0.222. The van der Waals surface area contributed by atoms with Crippen LogP contribution >= 0.6 is 11.6 Å². The number of rotatable bonds is 3. The largest absolute Gasteiger partial charge is 0.462 e. The summed E-state index contributed by atoms with van der Waals surface area (Å²) < 4.78 is 4.72. The zero-order valence-electron chi connectivity index (χ0n) is 7.90. The van der Waals surface area contributed by atoms with Crippen LogP contribution in [0.2, 0.25) is 5.02 Å². The lowest BCUT2D eigenvalue weighted by Crippen LogP contribution is -2.05. The van der Waals surface area contributed by atoms with Crippen LogP contribution in [0.25, 0.3) is 0 Å². The SMILES string of the molecule is CCOC(=O)c1ccc([N+](=O)[O-])cc1Cl. The van der Waals surface area contributed by atoms with E-state index >= 15 is 0 Å². The van der Waals surface area contributed by atoms with Crippen LogP contribution in [0.4, 0.5) is 5.69 Å². The number of halogens is 1. The third-order valence-electron chi connectivity index (χ3n) is 1.66. The van der Waals surface area contributed by atoms with Crippen molar-refractivity contribution in [3.8, 4) is 0 Å². The molecule has 0 aromatic heterocycles. The first-order valence-corrected chi connectivity index (χ1v) is 4.55. The quantitative estimate of drug-likeness (QED) is 0.453. The Morgan fingerprint density at radius 1 is 1.60 bits per heavy atom. The van der Waals surface area contributed by atoms with E-state index in [1.165, 1.54) is 12.1 Å². The van der Waals surface area contributed by atoms with E-state index in [-0.39, 0.29) is 22.9 Å². The van der Waals surface area contributed by atoms with Gasteiger partial charge in [0.2, 0.25) is 0 Å². The van der Waals surface area contributed by atoms with Gasteiger partial charge in [-0.1, -0.05) is 11.6 Å². The van der Waals surface area contributed by atoms with Crippen LogP contribution < -0.4 is 0 Å². The van der Waals surface area contributed by atoms with Crippen LogP contribution in [0.3, 0.4) is 0 Å². The van der Waals surface area contributed by atoms with Gasteiger partial charge in [0.1, 0.15) is 0 Å². The zero-order chi connectivity index (χ0) is 11.4. The Hall–Kier alpha value is -1.62. The average molecular weight is 230 g/mol. The second-order valence-electron chi connectivity index (χ2n) is 2.64. The molecule has 0 aliphatic carbocycles. The summed E-state index contributed by atoms with van der Waals surface area (Å²) in [6.45, 7) is 1.89. The van der Waals surface area contributed by atoms with Crippen molar-refractivity contribution in [3.05, 3.63) is 38.9 Å². The van der Waals surface area contributed by atoms with Crippen molar-refractivity contribution in [3.63, 3.8) is 0 Å². The number of nitrogens with zero attached hydrogens (tertiary/aromatic N) is 1. The molecule has 1 rings (SSSR count). The summed E-state index contributed by atoms with van der Waals surface area (Å²) in [7, 11) is 0. The highest BCUT2D eigenvalue weighted by Gasteiger charge is 2.15. The van der Waals surface area contributed by atoms with Crippen LogP contribution in [-0.4, -0.2) is 17.5 Å². The molecular formula is C9H8ClNO4. The van der Waals surface area contributed by atoms with Crippen LogP contribution in [-0.2, 0) is 4.74 Å². The van der Waals surface area contributed by atoms with Crippen molar-refractivity contribution >= 4 is 23.3 Å².